The second-order valence-corrected chi connectivity index (χ2v) is 4.22. The van der Waals surface area contributed by atoms with Gasteiger partial charge in [0, 0.05) is 6.54 Å². The van der Waals surface area contributed by atoms with Crippen LogP contribution in [-0.2, 0) is 11.3 Å². The van der Waals surface area contributed by atoms with Gasteiger partial charge in [0.05, 0.1) is 11.2 Å². The third-order valence-electron chi connectivity index (χ3n) is 2.94. The lowest BCUT2D eigenvalue weighted by molar-refractivity contribution is -0.124. The lowest BCUT2D eigenvalue weighted by atomic mass is 9.98. The molecule has 0 aromatic carbocycles. The number of carboxylic acids is 1. The maximum absolute atomic E-state index is 11.3. The molecule has 6 heteroatoms. The van der Waals surface area contributed by atoms with E-state index in [9.17, 15) is 9.59 Å². The molecule has 98 valence electrons. The third kappa shape index (κ3) is 3.27. The van der Waals surface area contributed by atoms with Crippen molar-refractivity contribution in [2.75, 3.05) is 0 Å². The molecular weight excluding hydrogens is 234 g/mol. The van der Waals surface area contributed by atoms with E-state index in [-0.39, 0.29) is 12.2 Å². The van der Waals surface area contributed by atoms with E-state index in [1.54, 1.807) is 19.1 Å². The molecule has 6 nitrogen and oxygen atoms in total. The van der Waals surface area contributed by atoms with Crippen molar-refractivity contribution in [2.45, 2.75) is 32.4 Å². The summed E-state index contributed by atoms with van der Waals surface area (Å²) in [6.45, 7) is 3.84. The molecule has 1 unspecified atom stereocenters. The van der Waals surface area contributed by atoms with Crippen molar-refractivity contribution in [2.24, 2.45) is 5.73 Å². The molecule has 4 N–H and O–H groups in total. The smallest absolute Gasteiger partial charge is 0.354 e. The first kappa shape index (κ1) is 14.1. The zero-order chi connectivity index (χ0) is 13.8. The van der Waals surface area contributed by atoms with Gasteiger partial charge in [-0.15, -0.1) is 0 Å². The number of carboxylic acid groups (broad SMARTS) is 1. The van der Waals surface area contributed by atoms with Crippen LogP contribution < -0.4 is 11.1 Å². The predicted octanol–water partition coefficient (Wildman–Crippen LogP) is 0.523. The van der Waals surface area contributed by atoms with Crippen LogP contribution in [0.3, 0.4) is 0 Å². The molecule has 1 aromatic heterocycles. The van der Waals surface area contributed by atoms with Gasteiger partial charge in [0.1, 0.15) is 5.69 Å². The van der Waals surface area contributed by atoms with Gasteiger partial charge in [-0.1, -0.05) is 13.0 Å². The molecular formula is C12H17N3O3. The number of carbonyl (C=O) groups is 2. The van der Waals surface area contributed by atoms with Gasteiger partial charge in [-0.05, 0) is 25.5 Å². The largest absolute Gasteiger partial charge is 0.477 e. The summed E-state index contributed by atoms with van der Waals surface area (Å²) in [4.78, 5) is 26.0. The van der Waals surface area contributed by atoms with Crippen LogP contribution in [0, 0.1) is 0 Å². The average Bonchev–Trinajstić information content (AvgIpc) is 2.36. The van der Waals surface area contributed by atoms with Gasteiger partial charge in [0.15, 0.2) is 0 Å². The highest BCUT2D eigenvalue weighted by molar-refractivity contribution is 5.85. The first-order valence-corrected chi connectivity index (χ1v) is 5.63. The Labute approximate surface area is 105 Å². The van der Waals surface area contributed by atoms with Crippen LogP contribution in [0.2, 0.25) is 0 Å². The molecule has 1 aromatic rings. The van der Waals surface area contributed by atoms with Gasteiger partial charge in [0.25, 0.3) is 0 Å². The predicted molar refractivity (Wildman–Crippen MR) is 65.9 cm³/mol. The molecule has 0 bridgehead atoms. The van der Waals surface area contributed by atoms with Crippen LogP contribution in [0.15, 0.2) is 18.2 Å². The van der Waals surface area contributed by atoms with Crippen LogP contribution in [0.4, 0.5) is 0 Å². The van der Waals surface area contributed by atoms with Gasteiger partial charge >= 0.3 is 5.97 Å². The van der Waals surface area contributed by atoms with E-state index < -0.39 is 17.4 Å². The number of hydrogen-bond acceptors (Lipinski definition) is 4. The Morgan fingerprint density at radius 3 is 2.67 bits per heavy atom. The van der Waals surface area contributed by atoms with E-state index >= 15 is 0 Å². The maximum Gasteiger partial charge on any atom is 0.354 e. The van der Waals surface area contributed by atoms with Crippen LogP contribution in [0.5, 0.6) is 0 Å². The van der Waals surface area contributed by atoms with Crippen molar-refractivity contribution >= 4 is 11.9 Å². The lowest BCUT2D eigenvalue weighted by Crippen LogP contribution is -2.52. The fourth-order valence-corrected chi connectivity index (χ4v) is 1.37. The molecule has 0 aliphatic carbocycles. The van der Waals surface area contributed by atoms with Crippen molar-refractivity contribution in [3.05, 3.63) is 29.6 Å². The number of carbonyl (C=O) groups excluding carboxylic acids is 1. The number of nitrogens with zero attached hydrogens (tertiary/aromatic N) is 1. The average molecular weight is 251 g/mol. The van der Waals surface area contributed by atoms with Crippen molar-refractivity contribution in [3.8, 4) is 0 Å². The minimum Gasteiger partial charge on any atom is -0.477 e. The van der Waals surface area contributed by atoms with E-state index in [1.807, 2.05) is 6.92 Å². The van der Waals surface area contributed by atoms with E-state index in [1.165, 1.54) is 6.07 Å². The molecule has 0 fully saturated rings. The van der Waals surface area contributed by atoms with E-state index in [0.29, 0.717) is 12.1 Å². The zero-order valence-corrected chi connectivity index (χ0v) is 10.4. The molecule has 0 aliphatic heterocycles. The Balaban J connectivity index is 2.77. The Hall–Kier alpha value is -1.95. The summed E-state index contributed by atoms with van der Waals surface area (Å²) < 4.78 is 0. The number of aromatic nitrogens is 1. The van der Waals surface area contributed by atoms with Crippen LogP contribution in [0.25, 0.3) is 0 Å². The Bertz CT molecular complexity index is 462. The third-order valence-corrected chi connectivity index (χ3v) is 2.94. The summed E-state index contributed by atoms with van der Waals surface area (Å²) in [5.41, 5.74) is 5.02. The number of hydrogen-bond donors (Lipinski definition) is 3. The molecule has 1 rings (SSSR count). The molecule has 1 atom stereocenters. The number of amides is 1. The highest BCUT2D eigenvalue weighted by atomic mass is 16.4. The minimum atomic E-state index is -1.08. The molecule has 0 radical (unpaired) electrons. The van der Waals surface area contributed by atoms with Crippen LogP contribution in [0.1, 0.15) is 36.5 Å². The van der Waals surface area contributed by atoms with Gasteiger partial charge < -0.3 is 10.8 Å². The zero-order valence-electron chi connectivity index (χ0n) is 10.4. The minimum absolute atomic E-state index is 0.0217. The molecule has 1 amide bonds. The van der Waals surface area contributed by atoms with E-state index in [2.05, 4.69) is 10.3 Å². The van der Waals surface area contributed by atoms with Crippen molar-refractivity contribution < 1.29 is 14.7 Å². The van der Waals surface area contributed by atoms with Crippen LogP contribution in [-0.4, -0.2) is 27.5 Å². The van der Waals surface area contributed by atoms with E-state index in [0.717, 1.165) is 0 Å². The van der Waals surface area contributed by atoms with Crippen molar-refractivity contribution in [1.29, 1.82) is 0 Å². The molecule has 1 heterocycles. The first-order chi connectivity index (χ1) is 8.39. The van der Waals surface area contributed by atoms with Gasteiger partial charge in [-0.2, -0.15) is 0 Å². The second kappa shape index (κ2) is 5.59. The summed E-state index contributed by atoms with van der Waals surface area (Å²) in [6, 6.07) is 4.72. The molecule has 0 spiro atoms. The standard InChI is InChI=1S/C12H17N3O3/c1-3-12(2,11(13)18)14-7-8-5-4-6-9(15-8)10(16)17/h4-6,14H,3,7H2,1-2H3,(H2,13,18)(H,16,17). The van der Waals surface area contributed by atoms with Crippen molar-refractivity contribution in [1.82, 2.24) is 10.3 Å². The number of aromatic carboxylic acids is 1. The second-order valence-electron chi connectivity index (χ2n) is 4.22. The highest BCUT2D eigenvalue weighted by Crippen LogP contribution is 2.09. The Kier molecular flexibility index (Phi) is 4.38. The highest BCUT2D eigenvalue weighted by Gasteiger charge is 2.28. The summed E-state index contributed by atoms with van der Waals surface area (Å²) in [7, 11) is 0. The monoisotopic (exact) mass is 251 g/mol. The van der Waals surface area contributed by atoms with Gasteiger partial charge in [-0.3, -0.25) is 10.1 Å². The Morgan fingerprint density at radius 1 is 1.50 bits per heavy atom. The molecule has 0 saturated heterocycles. The molecule has 18 heavy (non-hydrogen) atoms. The number of nitrogens with two attached hydrogens (primary N) is 1. The number of rotatable bonds is 6. The topological polar surface area (TPSA) is 105 Å². The summed E-state index contributed by atoms with van der Waals surface area (Å²) in [5, 5.41) is 11.8. The summed E-state index contributed by atoms with van der Waals surface area (Å²) in [6.07, 6.45) is 0.543. The molecule has 0 saturated carbocycles. The summed E-state index contributed by atoms with van der Waals surface area (Å²) >= 11 is 0. The normalized spacial score (nSPS) is 13.9. The number of pyridine rings is 1. The Morgan fingerprint density at radius 2 is 2.17 bits per heavy atom. The number of nitrogens with one attached hydrogen (secondary N) is 1. The lowest BCUT2D eigenvalue weighted by Gasteiger charge is -2.25. The fourth-order valence-electron chi connectivity index (χ4n) is 1.37. The van der Waals surface area contributed by atoms with E-state index in [4.69, 9.17) is 10.8 Å². The fraction of sp³-hybridized carbons (Fsp3) is 0.417. The van der Waals surface area contributed by atoms with Crippen LogP contribution >= 0.6 is 0 Å². The summed E-state index contributed by atoms with van der Waals surface area (Å²) in [5.74, 6) is -1.52. The maximum atomic E-state index is 11.3. The van der Waals surface area contributed by atoms with Crippen molar-refractivity contribution in [3.63, 3.8) is 0 Å². The number of primary amides is 1. The van der Waals surface area contributed by atoms with Gasteiger partial charge in [0.2, 0.25) is 5.91 Å². The molecule has 0 aliphatic rings. The quantitative estimate of drug-likeness (QED) is 0.683. The SMILES string of the molecule is CCC(C)(NCc1cccc(C(=O)O)n1)C(N)=O. The first-order valence-electron chi connectivity index (χ1n) is 5.63. The van der Waals surface area contributed by atoms with Gasteiger partial charge in [-0.25, -0.2) is 9.78 Å².